The lowest BCUT2D eigenvalue weighted by Gasteiger charge is -2.33. The van der Waals surface area contributed by atoms with Gasteiger partial charge in [0.1, 0.15) is 5.82 Å². The van der Waals surface area contributed by atoms with Crippen molar-refractivity contribution in [2.24, 2.45) is 5.41 Å². The van der Waals surface area contributed by atoms with Gasteiger partial charge in [-0.15, -0.1) is 0 Å². The SMILES string of the molecule is O=C(O)C1(Cc2cc(Br)ccc2F)CCOCC1. The van der Waals surface area contributed by atoms with E-state index in [1.54, 1.807) is 12.1 Å². The second-order valence-electron chi connectivity index (χ2n) is 4.61. The largest absolute Gasteiger partial charge is 0.481 e. The van der Waals surface area contributed by atoms with Crippen LogP contribution in [0.1, 0.15) is 18.4 Å². The van der Waals surface area contributed by atoms with Crippen molar-refractivity contribution in [2.45, 2.75) is 19.3 Å². The molecule has 98 valence electrons. The highest BCUT2D eigenvalue weighted by atomic mass is 79.9. The summed E-state index contributed by atoms with van der Waals surface area (Å²) in [5.74, 6) is -1.23. The normalized spacial score (nSPS) is 18.6. The molecule has 0 bridgehead atoms. The molecule has 1 aliphatic heterocycles. The molecule has 1 aliphatic rings. The lowest BCUT2D eigenvalue weighted by atomic mass is 9.75. The summed E-state index contributed by atoms with van der Waals surface area (Å²) in [4.78, 5) is 11.5. The van der Waals surface area contributed by atoms with Crippen LogP contribution in [-0.2, 0) is 16.0 Å². The fraction of sp³-hybridized carbons (Fsp3) is 0.462. The van der Waals surface area contributed by atoms with E-state index in [4.69, 9.17) is 4.74 Å². The molecule has 1 aromatic rings. The Kier molecular flexibility index (Phi) is 4.02. The second-order valence-corrected chi connectivity index (χ2v) is 5.53. The first kappa shape index (κ1) is 13.5. The molecule has 1 N–H and O–H groups in total. The van der Waals surface area contributed by atoms with E-state index in [2.05, 4.69) is 15.9 Å². The number of aliphatic carboxylic acids is 1. The van der Waals surface area contributed by atoms with Crippen molar-refractivity contribution in [1.82, 2.24) is 0 Å². The van der Waals surface area contributed by atoms with Gasteiger partial charge in [0.05, 0.1) is 5.41 Å². The number of rotatable bonds is 3. The van der Waals surface area contributed by atoms with Crippen molar-refractivity contribution in [3.05, 3.63) is 34.1 Å². The zero-order chi connectivity index (χ0) is 13.2. The standard InChI is InChI=1S/C13H14BrFO3/c14-10-1-2-11(15)9(7-10)8-13(12(16)17)3-5-18-6-4-13/h1-2,7H,3-6,8H2,(H,16,17). The van der Waals surface area contributed by atoms with Gasteiger partial charge in [0.2, 0.25) is 0 Å². The summed E-state index contributed by atoms with van der Waals surface area (Å²) in [6, 6.07) is 4.61. The molecule has 1 heterocycles. The molecule has 0 unspecified atom stereocenters. The molecule has 18 heavy (non-hydrogen) atoms. The Morgan fingerprint density at radius 3 is 2.72 bits per heavy atom. The first-order valence-electron chi connectivity index (χ1n) is 5.79. The van der Waals surface area contributed by atoms with Crippen molar-refractivity contribution in [2.75, 3.05) is 13.2 Å². The van der Waals surface area contributed by atoms with Gasteiger partial charge in [-0.1, -0.05) is 15.9 Å². The summed E-state index contributed by atoms with van der Waals surface area (Å²) >= 11 is 3.28. The van der Waals surface area contributed by atoms with Crippen molar-refractivity contribution in [3.63, 3.8) is 0 Å². The summed E-state index contributed by atoms with van der Waals surface area (Å²) in [5, 5.41) is 9.42. The lowest BCUT2D eigenvalue weighted by molar-refractivity contribution is -0.154. The van der Waals surface area contributed by atoms with Crippen LogP contribution < -0.4 is 0 Å². The van der Waals surface area contributed by atoms with Crippen LogP contribution in [0.3, 0.4) is 0 Å². The Labute approximate surface area is 113 Å². The van der Waals surface area contributed by atoms with Crippen molar-refractivity contribution in [1.29, 1.82) is 0 Å². The molecule has 5 heteroatoms. The summed E-state index contributed by atoms with van der Waals surface area (Å²) in [6.07, 6.45) is 1.06. The van der Waals surface area contributed by atoms with Crippen LogP contribution in [0.15, 0.2) is 22.7 Å². The number of carbonyl (C=O) groups is 1. The van der Waals surface area contributed by atoms with Crippen LogP contribution in [-0.4, -0.2) is 24.3 Å². The minimum Gasteiger partial charge on any atom is -0.481 e. The third kappa shape index (κ3) is 2.72. The maximum atomic E-state index is 13.7. The Hall–Kier alpha value is -0.940. The van der Waals surface area contributed by atoms with Gasteiger partial charge in [0, 0.05) is 17.7 Å². The highest BCUT2D eigenvalue weighted by Gasteiger charge is 2.40. The molecular weight excluding hydrogens is 303 g/mol. The predicted octanol–water partition coefficient (Wildman–Crippen LogP) is 3.01. The highest BCUT2D eigenvalue weighted by Crippen LogP contribution is 2.35. The van der Waals surface area contributed by atoms with Crippen LogP contribution >= 0.6 is 15.9 Å². The Bertz CT molecular complexity index is 456. The van der Waals surface area contributed by atoms with E-state index >= 15 is 0 Å². The van der Waals surface area contributed by atoms with E-state index in [0.717, 1.165) is 4.47 Å². The maximum absolute atomic E-state index is 13.7. The maximum Gasteiger partial charge on any atom is 0.310 e. The predicted molar refractivity (Wildman–Crippen MR) is 67.9 cm³/mol. The number of ether oxygens (including phenoxy) is 1. The Morgan fingerprint density at radius 2 is 2.11 bits per heavy atom. The number of carboxylic acid groups (broad SMARTS) is 1. The topological polar surface area (TPSA) is 46.5 Å². The molecule has 0 atom stereocenters. The highest BCUT2D eigenvalue weighted by molar-refractivity contribution is 9.10. The van der Waals surface area contributed by atoms with Crippen LogP contribution in [0.4, 0.5) is 4.39 Å². The van der Waals surface area contributed by atoms with Crippen LogP contribution in [0.2, 0.25) is 0 Å². The van der Waals surface area contributed by atoms with Gasteiger partial charge in [-0.3, -0.25) is 4.79 Å². The zero-order valence-corrected chi connectivity index (χ0v) is 11.4. The van der Waals surface area contributed by atoms with E-state index in [1.807, 2.05) is 0 Å². The number of carboxylic acids is 1. The first-order chi connectivity index (χ1) is 8.53. The Morgan fingerprint density at radius 1 is 1.44 bits per heavy atom. The quantitative estimate of drug-likeness (QED) is 0.932. The molecule has 0 spiro atoms. The first-order valence-corrected chi connectivity index (χ1v) is 6.58. The average Bonchev–Trinajstić information content (AvgIpc) is 2.35. The molecule has 1 fully saturated rings. The fourth-order valence-corrected chi connectivity index (χ4v) is 2.68. The van der Waals surface area contributed by atoms with Crippen LogP contribution in [0.25, 0.3) is 0 Å². The van der Waals surface area contributed by atoms with E-state index < -0.39 is 11.4 Å². The van der Waals surface area contributed by atoms with E-state index in [-0.39, 0.29) is 12.2 Å². The van der Waals surface area contributed by atoms with Crippen LogP contribution in [0.5, 0.6) is 0 Å². The summed E-state index contributed by atoms with van der Waals surface area (Å²) < 4.78 is 19.7. The fourth-order valence-electron chi connectivity index (χ4n) is 2.27. The van der Waals surface area contributed by atoms with E-state index in [0.29, 0.717) is 31.6 Å². The minimum atomic E-state index is -0.903. The third-order valence-electron chi connectivity index (χ3n) is 3.44. The number of hydrogen-bond donors (Lipinski definition) is 1. The van der Waals surface area contributed by atoms with Gasteiger partial charge in [0.15, 0.2) is 0 Å². The van der Waals surface area contributed by atoms with Gasteiger partial charge >= 0.3 is 5.97 Å². The summed E-state index contributed by atoms with van der Waals surface area (Å²) in [7, 11) is 0. The van der Waals surface area contributed by atoms with E-state index in [1.165, 1.54) is 6.07 Å². The van der Waals surface area contributed by atoms with Gasteiger partial charge in [-0.2, -0.15) is 0 Å². The summed E-state index contributed by atoms with van der Waals surface area (Å²) in [6.45, 7) is 0.837. The van der Waals surface area contributed by atoms with Crippen molar-refractivity contribution in [3.8, 4) is 0 Å². The molecule has 0 radical (unpaired) electrons. The van der Waals surface area contributed by atoms with Gasteiger partial charge in [0.25, 0.3) is 0 Å². The molecule has 0 amide bonds. The number of benzene rings is 1. The zero-order valence-electron chi connectivity index (χ0n) is 9.79. The molecule has 3 nitrogen and oxygen atoms in total. The monoisotopic (exact) mass is 316 g/mol. The van der Waals surface area contributed by atoms with E-state index in [9.17, 15) is 14.3 Å². The second kappa shape index (κ2) is 5.36. The molecule has 0 aromatic heterocycles. The molecule has 2 rings (SSSR count). The summed E-state index contributed by atoms with van der Waals surface area (Å²) in [5.41, 5.74) is -0.464. The molecule has 0 aliphatic carbocycles. The average molecular weight is 317 g/mol. The number of halogens is 2. The Balaban J connectivity index is 2.28. The van der Waals surface area contributed by atoms with Gasteiger partial charge in [-0.25, -0.2) is 4.39 Å². The van der Waals surface area contributed by atoms with Crippen molar-refractivity contribution >= 4 is 21.9 Å². The van der Waals surface area contributed by atoms with Crippen LogP contribution in [0, 0.1) is 11.2 Å². The molecule has 1 saturated heterocycles. The molecule has 0 saturated carbocycles. The van der Waals surface area contributed by atoms with Crippen molar-refractivity contribution < 1.29 is 19.0 Å². The minimum absolute atomic E-state index is 0.205. The number of hydrogen-bond acceptors (Lipinski definition) is 2. The smallest absolute Gasteiger partial charge is 0.310 e. The van der Waals surface area contributed by atoms with Gasteiger partial charge in [-0.05, 0) is 43.0 Å². The third-order valence-corrected chi connectivity index (χ3v) is 3.93. The lowest BCUT2D eigenvalue weighted by Crippen LogP contribution is -2.39. The molecule has 1 aromatic carbocycles. The molecular formula is C13H14BrFO3. The van der Waals surface area contributed by atoms with Gasteiger partial charge < -0.3 is 9.84 Å².